The molecule has 0 saturated carbocycles. The number of benzene rings is 1. The summed E-state index contributed by atoms with van der Waals surface area (Å²) >= 11 is 0. The minimum absolute atomic E-state index is 0.818. The Morgan fingerprint density at radius 1 is 1.38 bits per heavy atom. The Labute approximate surface area is 96.1 Å². The first-order valence-corrected chi connectivity index (χ1v) is 5.60. The highest BCUT2D eigenvalue weighted by Gasteiger charge is 2.00. The van der Waals surface area contributed by atoms with Crippen molar-refractivity contribution in [2.75, 3.05) is 5.32 Å². The molecule has 0 aliphatic heterocycles. The van der Waals surface area contributed by atoms with E-state index in [2.05, 4.69) is 53.0 Å². The van der Waals surface area contributed by atoms with E-state index in [1.165, 1.54) is 11.1 Å². The third kappa shape index (κ3) is 2.42. The van der Waals surface area contributed by atoms with Gasteiger partial charge in [0.2, 0.25) is 5.95 Å². The molecular formula is C13H17N3. The van der Waals surface area contributed by atoms with Gasteiger partial charge in [0.25, 0.3) is 0 Å². The zero-order valence-corrected chi connectivity index (χ0v) is 9.77. The molecule has 0 aliphatic carbocycles. The van der Waals surface area contributed by atoms with Crippen molar-refractivity contribution in [3.8, 4) is 0 Å². The van der Waals surface area contributed by atoms with Gasteiger partial charge in [-0.2, -0.15) is 0 Å². The van der Waals surface area contributed by atoms with Crippen LogP contribution in [0, 0.1) is 6.92 Å². The van der Waals surface area contributed by atoms with Gasteiger partial charge in [-0.15, -0.1) is 0 Å². The zero-order chi connectivity index (χ0) is 11.4. The van der Waals surface area contributed by atoms with Crippen LogP contribution in [0.3, 0.4) is 0 Å². The maximum absolute atomic E-state index is 4.28. The number of imidazole rings is 1. The van der Waals surface area contributed by atoms with Crippen LogP contribution in [0.2, 0.25) is 0 Å². The number of nitrogens with one attached hydrogen (secondary N) is 1. The van der Waals surface area contributed by atoms with Gasteiger partial charge in [0.05, 0.1) is 0 Å². The average molecular weight is 215 g/mol. The van der Waals surface area contributed by atoms with Gasteiger partial charge in [0.15, 0.2) is 0 Å². The van der Waals surface area contributed by atoms with E-state index < -0.39 is 0 Å². The van der Waals surface area contributed by atoms with Gasteiger partial charge in [0.1, 0.15) is 0 Å². The number of aryl methyl sites for hydroxylation is 2. The molecule has 3 nitrogen and oxygen atoms in total. The number of anilines is 1. The van der Waals surface area contributed by atoms with Crippen molar-refractivity contribution in [2.24, 2.45) is 0 Å². The van der Waals surface area contributed by atoms with Crippen LogP contribution in [0.1, 0.15) is 18.1 Å². The fourth-order valence-electron chi connectivity index (χ4n) is 1.73. The van der Waals surface area contributed by atoms with E-state index in [-0.39, 0.29) is 0 Å². The monoisotopic (exact) mass is 215 g/mol. The first-order chi connectivity index (χ1) is 7.79. The Morgan fingerprint density at radius 2 is 2.25 bits per heavy atom. The van der Waals surface area contributed by atoms with Crippen LogP contribution in [0.5, 0.6) is 0 Å². The second-order valence-electron chi connectivity index (χ2n) is 3.88. The largest absolute Gasteiger partial charge is 0.352 e. The first-order valence-electron chi connectivity index (χ1n) is 5.60. The molecule has 0 aliphatic rings. The molecule has 16 heavy (non-hydrogen) atoms. The third-order valence-electron chi connectivity index (χ3n) is 2.59. The van der Waals surface area contributed by atoms with E-state index in [9.17, 15) is 0 Å². The highest BCUT2D eigenvalue weighted by atomic mass is 15.2. The van der Waals surface area contributed by atoms with E-state index in [1.807, 2.05) is 12.4 Å². The second-order valence-corrected chi connectivity index (χ2v) is 3.88. The first kappa shape index (κ1) is 10.7. The Kier molecular flexibility index (Phi) is 3.25. The molecular weight excluding hydrogens is 198 g/mol. The molecule has 0 unspecified atom stereocenters. The predicted molar refractivity (Wildman–Crippen MR) is 66.4 cm³/mol. The summed E-state index contributed by atoms with van der Waals surface area (Å²) in [5, 5.41) is 3.34. The quantitative estimate of drug-likeness (QED) is 0.850. The van der Waals surface area contributed by atoms with Crippen LogP contribution >= 0.6 is 0 Å². The Morgan fingerprint density at radius 3 is 3.00 bits per heavy atom. The molecule has 84 valence electrons. The smallest absolute Gasteiger partial charge is 0.203 e. The van der Waals surface area contributed by atoms with E-state index in [0.717, 1.165) is 19.0 Å². The molecule has 2 rings (SSSR count). The maximum Gasteiger partial charge on any atom is 0.203 e. The standard InChI is InChI=1S/C13H17N3/c1-3-16-8-7-14-13(16)15-10-12-6-4-5-11(2)9-12/h4-9H,3,10H2,1-2H3,(H,14,15). The highest BCUT2D eigenvalue weighted by Crippen LogP contribution is 2.08. The molecule has 2 aromatic rings. The Hall–Kier alpha value is -1.77. The Bertz CT molecular complexity index is 460. The summed E-state index contributed by atoms with van der Waals surface area (Å²) in [4.78, 5) is 4.28. The molecule has 1 heterocycles. The van der Waals surface area contributed by atoms with Crippen LogP contribution in [0.15, 0.2) is 36.7 Å². The predicted octanol–water partition coefficient (Wildman–Crippen LogP) is 2.82. The SMILES string of the molecule is CCn1ccnc1NCc1cccc(C)c1. The summed E-state index contributed by atoms with van der Waals surface area (Å²) in [5.74, 6) is 0.934. The van der Waals surface area contributed by atoms with Gasteiger partial charge in [-0.3, -0.25) is 0 Å². The van der Waals surface area contributed by atoms with E-state index >= 15 is 0 Å². The number of hydrogen-bond donors (Lipinski definition) is 1. The van der Waals surface area contributed by atoms with Crippen molar-refractivity contribution in [1.82, 2.24) is 9.55 Å². The summed E-state index contributed by atoms with van der Waals surface area (Å²) in [6.07, 6.45) is 3.81. The lowest BCUT2D eigenvalue weighted by Gasteiger charge is -2.08. The topological polar surface area (TPSA) is 29.9 Å². The molecule has 0 atom stereocenters. The summed E-state index contributed by atoms with van der Waals surface area (Å²) in [6, 6.07) is 8.50. The van der Waals surface area contributed by atoms with Crippen molar-refractivity contribution in [3.63, 3.8) is 0 Å². The van der Waals surface area contributed by atoms with E-state index in [0.29, 0.717) is 0 Å². The van der Waals surface area contributed by atoms with Crippen molar-refractivity contribution >= 4 is 5.95 Å². The Balaban J connectivity index is 2.02. The van der Waals surface area contributed by atoms with Gasteiger partial charge in [-0.25, -0.2) is 4.98 Å². The lowest BCUT2D eigenvalue weighted by atomic mass is 10.1. The van der Waals surface area contributed by atoms with Gasteiger partial charge in [-0.1, -0.05) is 29.8 Å². The van der Waals surface area contributed by atoms with Gasteiger partial charge in [0, 0.05) is 25.5 Å². The molecule has 1 aromatic heterocycles. The summed E-state index contributed by atoms with van der Waals surface area (Å²) in [6.45, 7) is 5.98. The second kappa shape index (κ2) is 4.84. The minimum atomic E-state index is 0.818. The van der Waals surface area contributed by atoms with Crippen molar-refractivity contribution in [2.45, 2.75) is 26.9 Å². The normalized spacial score (nSPS) is 10.4. The van der Waals surface area contributed by atoms with Crippen molar-refractivity contribution in [1.29, 1.82) is 0 Å². The number of hydrogen-bond acceptors (Lipinski definition) is 2. The summed E-state index contributed by atoms with van der Waals surface area (Å²) in [5.41, 5.74) is 2.57. The van der Waals surface area contributed by atoms with Crippen LogP contribution in [0.25, 0.3) is 0 Å². The molecule has 0 amide bonds. The molecule has 1 aromatic carbocycles. The fraction of sp³-hybridized carbons (Fsp3) is 0.308. The maximum atomic E-state index is 4.28. The van der Waals surface area contributed by atoms with E-state index in [4.69, 9.17) is 0 Å². The number of nitrogens with zero attached hydrogens (tertiary/aromatic N) is 2. The molecule has 0 bridgehead atoms. The summed E-state index contributed by atoms with van der Waals surface area (Å²) in [7, 11) is 0. The molecule has 0 spiro atoms. The lowest BCUT2D eigenvalue weighted by Crippen LogP contribution is -2.06. The van der Waals surface area contributed by atoms with Crippen molar-refractivity contribution in [3.05, 3.63) is 47.8 Å². The zero-order valence-electron chi connectivity index (χ0n) is 9.77. The lowest BCUT2D eigenvalue weighted by molar-refractivity contribution is 0.763. The highest BCUT2D eigenvalue weighted by molar-refractivity contribution is 5.30. The third-order valence-corrected chi connectivity index (χ3v) is 2.59. The van der Waals surface area contributed by atoms with Gasteiger partial charge < -0.3 is 9.88 Å². The number of rotatable bonds is 4. The van der Waals surface area contributed by atoms with Crippen LogP contribution in [-0.2, 0) is 13.1 Å². The van der Waals surface area contributed by atoms with Crippen molar-refractivity contribution < 1.29 is 0 Å². The average Bonchev–Trinajstić information content (AvgIpc) is 2.74. The molecule has 0 saturated heterocycles. The minimum Gasteiger partial charge on any atom is -0.352 e. The van der Waals surface area contributed by atoms with Crippen LogP contribution in [0.4, 0.5) is 5.95 Å². The molecule has 0 fully saturated rings. The molecule has 3 heteroatoms. The van der Waals surface area contributed by atoms with Gasteiger partial charge >= 0.3 is 0 Å². The van der Waals surface area contributed by atoms with Gasteiger partial charge in [-0.05, 0) is 19.4 Å². The van der Waals surface area contributed by atoms with E-state index in [1.54, 1.807) is 0 Å². The molecule has 0 radical (unpaired) electrons. The number of aromatic nitrogens is 2. The summed E-state index contributed by atoms with van der Waals surface area (Å²) < 4.78 is 2.09. The van der Waals surface area contributed by atoms with Crippen LogP contribution in [-0.4, -0.2) is 9.55 Å². The van der Waals surface area contributed by atoms with Crippen LogP contribution < -0.4 is 5.32 Å². The molecule has 1 N–H and O–H groups in total. The fourth-order valence-corrected chi connectivity index (χ4v) is 1.73.